The van der Waals surface area contributed by atoms with E-state index >= 15 is 0 Å². The van der Waals surface area contributed by atoms with Crippen LogP contribution in [0.3, 0.4) is 0 Å². The summed E-state index contributed by atoms with van der Waals surface area (Å²) in [4.78, 5) is 4.17. The molecular formula is C14H21F3N2OS. The number of hydrogen-bond donors (Lipinski definition) is 1. The van der Waals surface area contributed by atoms with E-state index in [4.69, 9.17) is 4.74 Å². The lowest BCUT2D eigenvalue weighted by Crippen LogP contribution is -2.24. The monoisotopic (exact) mass is 322 g/mol. The van der Waals surface area contributed by atoms with Gasteiger partial charge in [0.1, 0.15) is 10.6 Å². The molecule has 0 radical (unpaired) electrons. The highest BCUT2D eigenvalue weighted by molar-refractivity contribution is 7.11. The third-order valence-electron chi connectivity index (χ3n) is 3.87. The summed E-state index contributed by atoms with van der Waals surface area (Å²) < 4.78 is 45.0. The summed E-state index contributed by atoms with van der Waals surface area (Å²) in [6.45, 7) is 2.88. The number of halogens is 3. The highest BCUT2D eigenvalue weighted by atomic mass is 32.1. The summed E-state index contributed by atoms with van der Waals surface area (Å²) in [6, 6.07) is 0. The highest BCUT2D eigenvalue weighted by Gasteiger charge is 2.43. The molecule has 3 nitrogen and oxygen atoms in total. The van der Waals surface area contributed by atoms with Gasteiger partial charge in [-0.1, -0.05) is 19.8 Å². The van der Waals surface area contributed by atoms with Crippen LogP contribution in [0.4, 0.5) is 13.2 Å². The molecule has 1 aromatic heterocycles. The minimum absolute atomic E-state index is 0.208. The molecule has 21 heavy (non-hydrogen) atoms. The van der Waals surface area contributed by atoms with Crippen molar-refractivity contribution in [2.24, 2.45) is 0 Å². The van der Waals surface area contributed by atoms with E-state index in [1.807, 2.05) is 6.92 Å². The van der Waals surface area contributed by atoms with Crippen LogP contribution in [0.15, 0.2) is 0 Å². The topological polar surface area (TPSA) is 34.1 Å². The zero-order valence-electron chi connectivity index (χ0n) is 12.3. The third-order valence-corrected chi connectivity index (χ3v) is 5.11. The van der Waals surface area contributed by atoms with E-state index in [9.17, 15) is 13.2 Å². The predicted molar refractivity (Wildman–Crippen MR) is 76.3 cm³/mol. The normalized spacial score (nSPS) is 18.3. The Hall–Kier alpha value is -0.660. The van der Waals surface area contributed by atoms with Gasteiger partial charge < -0.3 is 10.1 Å². The van der Waals surface area contributed by atoms with Gasteiger partial charge in [-0.05, 0) is 25.8 Å². The van der Waals surface area contributed by atoms with Gasteiger partial charge in [-0.2, -0.15) is 13.2 Å². The molecule has 1 aliphatic rings. The molecule has 0 aliphatic heterocycles. The van der Waals surface area contributed by atoms with E-state index < -0.39 is 17.5 Å². The molecule has 2 rings (SSSR count). The van der Waals surface area contributed by atoms with E-state index in [1.54, 1.807) is 7.11 Å². The molecule has 0 aromatic carbocycles. The maximum Gasteiger partial charge on any atom is 0.434 e. The van der Waals surface area contributed by atoms with Gasteiger partial charge in [-0.3, -0.25) is 0 Å². The number of hydrogen-bond acceptors (Lipinski definition) is 4. The summed E-state index contributed by atoms with van der Waals surface area (Å²) in [5.74, 6) is 0. The largest absolute Gasteiger partial charge is 0.434 e. The van der Waals surface area contributed by atoms with Gasteiger partial charge in [0.15, 0.2) is 5.69 Å². The molecule has 1 fully saturated rings. The van der Waals surface area contributed by atoms with Crippen LogP contribution >= 0.6 is 11.3 Å². The fourth-order valence-electron chi connectivity index (χ4n) is 2.72. The Morgan fingerprint density at radius 1 is 1.33 bits per heavy atom. The van der Waals surface area contributed by atoms with Crippen LogP contribution in [0.5, 0.6) is 0 Å². The third kappa shape index (κ3) is 3.57. The van der Waals surface area contributed by atoms with E-state index in [0.717, 1.165) is 43.4 Å². The molecule has 0 amide bonds. The Morgan fingerprint density at radius 2 is 2.00 bits per heavy atom. The van der Waals surface area contributed by atoms with E-state index in [-0.39, 0.29) is 11.4 Å². The smallest absolute Gasteiger partial charge is 0.371 e. The van der Waals surface area contributed by atoms with E-state index in [0.29, 0.717) is 11.6 Å². The van der Waals surface area contributed by atoms with Crippen molar-refractivity contribution in [2.45, 2.75) is 57.3 Å². The fourth-order valence-corrected chi connectivity index (χ4v) is 3.99. The van der Waals surface area contributed by atoms with Gasteiger partial charge in [-0.15, -0.1) is 11.3 Å². The lowest BCUT2D eigenvalue weighted by Gasteiger charge is -2.24. The number of ether oxygens (including phenoxy) is 1. The molecule has 1 aromatic rings. The minimum atomic E-state index is -4.41. The lowest BCUT2D eigenvalue weighted by molar-refractivity contribution is -0.141. The van der Waals surface area contributed by atoms with Gasteiger partial charge in [0.05, 0.1) is 4.88 Å². The molecule has 1 saturated carbocycles. The van der Waals surface area contributed by atoms with Crippen LogP contribution in [0.25, 0.3) is 0 Å². The van der Waals surface area contributed by atoms with Crippen LogP contribution in [0.1, 0.15) is 54.6 Å². The standard InChI is InChI=1S/C14H21F3N2OS/c1-3-8-18-9-10-11(14(15,16)17)19-12(21-10)13(20-2)6-4-5-7-13/h18H,3-9H2,1-2H3. The summed E-state index contributed by atoms with van der Waals surface area (Å²) >= 11 is 1.14. The first kappa shape index (κ1) is 16.7. The van der Waals surface area contributed by atoms with Gasteiger partial charge >= 0.3 is 6.18 Å². The second kappa shape index (κ2) is 6.62. The van der Waals surface area contributed by atoms with Crippen LogP contribution in [0, 0.1) is 0 Å². The van der Waals surface area contributed by atoms with Crippen LogP contribution in [0.2, 0.25) is 0 Å². The molecule has 120 valence electrons. The van der Waals surface area contributed by atoms with Crippen molar-refractivity contribution in [3.05, 3.63) is 15.6 Å². The van der Waals surface area contributed by atoms with Crippen molar-refractivity contribution in [1.82, 2.24) is 10.3 Å². The fraction of sp³-hybridized carbons (Fsp3) is 0.786. The SMILES string of the molecule is CCCNCc1sc(C2(OC)CCCC2)nc1C(F)(F)F. The average molecular weight is 322 g/mol. The summed E-state index contributed by atoms with van der Waals surface area (Å²) in [5.41, 5.74) is -1.37. The van der Waals surface area contributed by atoms with Gasteiger partial charge in [0, 0.05) is 13.7 Å². The summed E-state index contributed by atoms with van der Waals surface area (Å²) in [6.07, 6.45) is -0.0941. The molecule has 0 atom stereocenters. The van der Waals surface area contributed by atoms with Crippen molar-refractivity contribution >= 4 is 11.3 Å². The number of aromatic nitrogens is 1. The zero-order valence-corrected chi connectivity index (χ0v) is 13.2. The molecule has 1 heterocycles. The number of nitrogens with one attached hydrogen (secondary N) is 1. The van der Waals surface area contributed by atoms with Crippen LogP contribution < -0.4 is 5.32 Å². The van der Waals surface area contributed by atoms with E-state index in [1.165, 1.54) is 0 Å². The van der Waals surface area contributed by atoms with Crippen molar-refractivity contribution in [1.29, 1.82) is 0 Å². The molecular weight excluding hydrogens is 301 g/mol. The van der Waals surface area contributed by atoms with E-state index in [2.05, 4.69) is 10.3 Å². The Morgan fingerprint density at radius 3 is 2.52 bits per heavy atom. The van der Waals surface area contributed by atoms with Crippen molar-refractivity contribution in [3.8, 4) is 0 Å². The van der Waals surface area contributed by atoms with Gasteiger partial charge in [0.25, 0.3) is 0 Å². The average Bonchev–Trinajstić information content (AvgIpc) is 3.05. The summed E-state index contributed by atoms with van der Waals surface area (Å²) in [7, 11) is 1.56. The zero-order chi connectivity index (χ0) is 15.5. The van der Waals surface area contributed by atoms with Crippen molar-refractivity contribution in [3.63, 3.8) is 0 Å². The molecule has 7 heteroatoms. The second-order valence-electron chi connectivity index (χ2n) is 5.37. The molecule has 0 bridgehead atoms. The molecule has 0 saturated heterocycles. The number of thiazole rings is 1. The second-order valence-corrected chi connectivity index (χ2v) is 6.45. The lowest BCUT2D eigenvalue weighted by atomic mass is 10.0. The Bertz CT molecular complexity index is 467. The molecule has 0 unspecified atom stereocenters. The van der Waals surface area contributed by atoms with Crippen molar-refractivity contribution < 1.29 is 17.9 Å². The number of rotatable bonds is 6. The van der Waals surface area contributed by atoms with Gasteiger partial charge in [-0.25, -0.2) is 4.98 Å². The van der Waals surface area contributed by atoms with Gasteiger partial charge in [0.2, 0.25) is 0 Å². The Labute approximate surface area is 126 Å². The first-order chi connectivity index (χ1) is 9.93. The first-order valence-corrected chi connectivity index (χ1v) is 8.08. The summed E-state index contributed by atoms with van der Waals surface area (Å²) in [5, 5.41) is 3.50. The maximum absolute atomic E-state index is 13.2. The number of nitrogens with zero attached hydrogens (tertiary/aromatic N) is 1. The highest BCUT2D eigenvalue weighted by Crippen LogP contribution is 2.45. The molecule has 1 N–H and O–H groups in total. The number of methoxy groups -OCH3 is 1. The molecule has 1 aliphatic carbocycles. The predicted octanol–water partition coefficient (Wildman–Crippen LogP) is 4.08. The molecule has 0 spiro atoms. The quantitative estimate of drug-likeness (QED) is 0.802. The Kier molecular flexibility index (Phi) is 5.27. The minimum Gasteiger partial charge on any atom is -0.371 e. The Balaban J connectivity index is 2.31. The van der Waals surface area contributed by atoms with Crippen LogP contribution in [-0.2, 0) is 23.1 Å². The maximum atomic E-state index is 13.2. The van der Waals surface area contributed by atoms with Crippen molar-refractivity contribution in [2.75, 3.05) is 13.7 Å². The van der Waals surface area contributed by atoms with Crippen LogP contribution in [-0.4, -0.2) is 18.6 Å². The first-order valence-electron chi connectivity index (χ1n) is 7.26. The number of alkyl halides is 3.